The lowest BCUT2D eigenvalue weighted by atomic mass is 9.85. The Morgan fingerprint density at radius 3 is 1.42 bits per heavy atom. The molecule has 0 spiro atoms. The van der Waals surface area contributed by atoms with Crippen LogP contribution < -0.4 is 32.7 Å². The molecule has 0 fully saturated rings. The van der Waals surface area contributed by atoms with Gasteiger partial charge in [0.05, 0.1) is 27.8 Å². The molecule has 0 bridgehead atoms. The highest BCUT2D eigenvalue weighted by molar-refractivity contribution is 6.51. The quantitative estimate of drug-likeness (QED) is 0.0711. The predicted molar refractivity (Wildman–Crippen MR) is 396 cm³/mol. The van der Waals surface area contributed by atoms with Crippen LogP contribution in [-0.2, 0) is 54.5 Å². The van der Waals surface area contributed by atoms with Crippen molar-refractivity contribution in [3.05, 3.63) is 237 Å². The highest BCUT2D eigenvalue weighted by Crippen LogP contribution is 2.36. The molecule has 7 heterocycles. The van der Waals surface area contributed by atoms with Crippen molar-refractivity contribution in [3.63, 3.8) is 0 Å². The lowest BCUT2D eigenvalue weighted by Gasteiger charge is -2.21. The maximum absolute atomic E-state index is 11.7. The summed E-state index contributed by atoms with van der Waals surface area (Å²) >= 11 is 0. The van der Waals surface area contributed by atoms with E-state index in [0.717, 1.165) is 61.0 Å². The highest BCUT2D eigenvalue weighted by Gasteiger charge is 2.31. The molecule has 5 aromatic carbocycles. The van der Waals surface area contributed by atoms with E-state index in [1.807, 2.05) is 72.8 Å². The number of carbonyl (C=O) groups is 4. The van der Waals surface area contributed by atoms with Gasteiger partial charge in [0.15, 0.2) is 17.3 Å². The van der Waals surface area contributed by atoms with Crippen LogP contribution in [0.3, 0.4) is 0 Å². The van der Waals surface area contributed by atoms with E-state index in [0.29, 0.717) is 23.2 Å². The maximum Gasteiger partial charge on any atom is 0.296 e. The van der Waals surface area contributed by atoms with Gasteiger partial charge in [0.1, 0.15) is 0 Å². The average Bonchev–Trinajstić information content (AvgIpc) is 1.77. The van der Waals surface area contributed by atoms with Gasteiger partial charge in [-0.15, -0.1) is 0 Å². The monoisotopic (exact) mass is 1320 g/mol. The number of rotatable bonds is 0. The summed E-state index contributed by atoms with van der Waals surface area (Å²) in [4.78, 5) is 103. The minimum Gasteiger partial charge on any atom is -0.378 e. The van der Waals surface area contributed by atoms with Gasteiger partial charge in [-0.25, -0.2) is 0 Å². The van der Waals surface area contributed by atoms with Crippen LogP contribution in [0.25, 0.3) is 21.8 Å². The number of Topliss-reactive ketones (excluding diaryl/α,β-unsaturated/α-hetero) is 2. The molecular formula is C80H100N8O9. The van der Waals surface area contributed by atoms with E-state index in [1.54, 1.807) is 62.2 Å². The Morgan fingerprint density at radius 2 is 0.897 bits per heavy atom. The van der Waals surface area contributed by atoms with Gasteiger partial charge in [0.2, 0.25) is 11.1 Å². The molecule has 17 nitrogen and oxygen atoms in total. The second-order valence-corrected chi connectivity index (χ2v) is 31.9. The number of pyridine rings is 3. The number of carbonyl (C=O) groups excluding carboxylic acids is 4. The molecule has 4 aromatic heterocycles. The fraction of sp³-hybridized carbons (Fsp3) is 0.388. The van der Waals surface area contributed by atoms with Crippen LogP contribution >= 0.6 is 0 Å². The first-order chi connectivity index (χ1) is 44.6. The molecule has 1 atom stereocenters. The van der Waals surface area contributed by atoms with Crippen molar-refractivity contribution < 1.29 is 24.3 Å². The number of amides is 2. The van der Waals surface area contributed by atoms with E-state index in [4.69, 9.17) is 0 Å². The zero-order valence-corrected chi connectivity index (χ0v) is 60.7. The third-order valence-corrected chi connectivity index (χ3v) is 16.6. The Bertz CT molecular complexity index is 4620. The summed E-state index contributed by atoms with van der Waals surface area (Å²) in [7, 11) is 1.74. The summed E-state index contributed by atoms with van der Waals surface area (Å²) in [5, 5.41) is 19.3. The molecule has 2 amide bonds. The number of aromatic nitrogens is 5. The minimum atomic E-state index is -1.01. The van der Waals surface area contributed by atoms with Crippen molar-refractivity contribution in [2.24, 2.45) is 12.0 Å². The molecule has 0 radical (unpaired) electrons. The largest absolute Gasteiger partial charge is 0.378 e. The Labute approximate surface area is 570 Å². The lowest BCUT2D eigenvalue weighted by Crippen LogP contribution is -2.15. The van der Waals surface area contributed by atoms with Crippen LogP contribution in [0.4, 0.5) is 17.1 Å². The van der Waals surface area contributed by atoms with Gasteiger partial charge >= 0.3 is 0 Å². The van der Waals surface area contributed by atoms with Crippen molar-refractivity contribution in [1.29, 1.82) is 0 Å². The fourth-order valence-corrected chi connectivity index (χ4v) is 10.1. The number of anilines is 2. The van der Waals surface area contributed by atoms with Gasteiger partial charge in [-0.3, -0.25) is 53.1 Å². The summed E-state index contributed by atoms with van der Waals surface area (Å²) in [6.07, 6.45) is 6.23. The van der Waals surface area contributed by atoms with Crippen LogP contribution in [0.5, 0.6) is 0 Å². The van der Waals surface area contributed by atoms with Crippen LogP contribution in [0.15, 0.2) is 164 Å². The standard InChI is InChI=1S/2C13H15NO.C12H16N2O.C12H15NO2.C12H13NO2.2C9H13NO/c2*1-13(2,3)9-4-5-11-10(8-9)12(15)6-7-14-11;1-12(2,3)8-5-6-10-9(7-8)11(15)14(4)13-10;2*1-12(2,3)7-4-5-9-8(6-7)10(14)11(15)13-9;1-9(2,3)7-4-5-10-8(11)6-7;1-9(2,3)7-4-5-8(11)10-6-7/h4-5,7-8H,6H2,1-3H3;4-8H,1-3H3,(H,14,15);5-7,13H,1-4H3;4-6,10,14H,1-3H3,(H,13,15);4-6H,1-3H3,(H,13,14,15);2*4-6H,1-3H3,(H,10,11). The minimum absolute atomic E-state index is 0.0129. The van der Waals surface area contributed by atoms with Crippen molar-refractivity contribution in [2.45, 2.75) is 196 Å². The number of hydrogen-bond acceptors (Lipinski definition) is 10. The normalized spacial score (nSPS) is 14.2. The maximum atomic E-state index is 11.7. The number of aliphatic imine (C=N–C) groups is 1. The number of nitrogens with one attached hydrogen (secondary N) is 6. The molecule has 0 saturated carbocycles. The fourth-order valence-electron chi connectivity index (χ4n) is 10.1. The number of H-pyrrole nitrogens is 4. The number of aliphatic hydroxyl groups excluding tert-OH is 1. The second-order valence-electron chi connectivity index (χ2n) is 31.9. The summed E-state index contributed by atoms with van der Waals surface area (Å²) in [5.74, 6) is -1.13. The zero-order chi connectivity index (χ0) is 72.7. The first-order valence-electron chi connectivity index (χ1n) is 32.7. The van der Waals surface area contributed by atoms with E-state index < -0.39 is 17.8 Å². The molecular weight excluding hydrogens is 1220 g/mol. The number of aromatic amines is 4. The van der Waals surface area contributed by atoms with Crippen LogP contribution in [0.1, 0.15) is 223 Å². The smallest absolute Gasteiger partial charge is 0.296 e. The van der Waals surface area contributed by atoms with Gasteiger partial charge in [-0.2, -0.15) is 0 Å². The number of benzene rings is 5. The number of fused-ring (bicyclic) bond motifs is 5. The predicted octanol–water partition coefficient (Wildman–Crippen LogP) is 15.7. The van der Waals surface area contributed by atoms with Gasteiger partial charge < -0.3 is 30.7 Å². The first-order valence-corrected chi connectivity index (χ1v) is 32.7. The van der Waals surface area contributed by atoms with E-state index in [-0.39, 0.29) is 71.7 Å². The van der Waals surface area contributed by atoms with Gasteiger partial charge in [0, 0.05) is 84.2 Å². The number of hydrogen-bond donors (Lipinski definition) is 7. The first kappa shape index (κ1) is 76.4. The summed E-state index contributed by atoms with van der Waals surface area (Å²) in [6.45, 7) is 44.4. The molecule has 3 aliphatic rings. The molecule has 12 rings (SSSR count). The van der Waals surface area contributed by atoms with E-state index >= 15 is 0 Å². The Kier molecular flexibility index (Phi) is 23.5. The van der Waals surface area contributed by atoms with Crippen molar-refractivity contribution >= 4 is 68.5 Å². The van der Waals surface area contributed by atoms with Crippen LogP contribution in [-0.4, -0.2) is 59.4 Å². The van der Waals surface area contributed by atoms with Gasteiger partial charge in [-0.1, -0.05) is 188 Å². The van der Waals surface area contributed by atoms with Crippen molar-refractivity contribution in [3.8, 4) is 0 Å². The molecule has 97 heavy (non-hydrogen) atoms. The van der Waals surface area contributed by atoms with E-state index in [2.05, 4.69) is 199 Å². The Balaban J connectivity index is 0.000000179. The number of aliphatic hydroxyl groups is 1. The molecule has 9 aromatic rings. The number of ketones is 2. The Morgan fingerprint density at radius 1 is 0.433 bits per heavy atom. The topological polar surface area (TPSA) is 261 Å². The van der Waals surface area contributed by atoms with Crippen molar-refractivity contribution in [2.75, 3.05) is 10.6 Å². The second kappa shape index (κ2) is 29.8. The molecule has 7 N–H and O–H groups in total. The van der Waals surface area contributed by atoms with E-state index in [1.165, 1.54) is 21.4 Å². The average molecular weight is 1320 g/mol. The molecule has 514 valence electrons. The van der Waals surface area contributed by atoms with Crippen LogP contribution in [0, 0.1) is 0 Å². The third-order valence-electron chi connectivity index (χ3n) is 16.6. The number of nitrogens with zero attached hydrogens (tertiary/aromatic N) is 2. The molecule has 3 aliphatic heterocycles. The SMILES string of the molecule is CC(C)(C)c1cc[nH]c(=O)c1.CC(C)(C)c1ccc(=O)[nH]c1.CC(C)(C)c1ccc2[nH]ccc(=O)c2c1.CC(C)(C)c1ccc2c(c1)C(=O)C(=O)N2.CC(C)(C)c1ccc2c(c1)C(=O)CC=N2.CC(C)(C)c1ccc2c(c1)C(O)C(=O)N2.Cn1[nH]c2ccc(C(C)(C)C)cc2c1=O. The highest BCUT2D eigenvalue weighted by atomic mass is 16.3. The van der Waals surface area contributed by atoms with Gasteiger partial charge in [-0.05, 0) is 138 Å². The molecule has 0 aliphatic carbocycles. The summed E-state index contributed by atoms with van der Waals surface area (Å²) in [6, 6.07) is 37.8. The summed E-state index contributed by atoms with van der Waals surface area (Å²) in [5.41, 5.74) is 14.3. The zero-order valence-electron chi connectivity index (χ0n) is 60.7. The molecule has 1 unspecified atom stereocenters. The molecule has 0 saturated heterocycles. The van der Waals surface area contributed by atoms with Crippen molar-refractivity contribution in [1.82, 2.24) is 24.7 Å². The Hall–Kier alpha value is -9.61. The van der Waals surface area contributed by atoms with Crippen LogP contribution in [0.2, 0.25) is 0 Å². The van der Waals surface area contributed by atoms with Gasteiger partial charge in [0.25, 0.3) is 23.2 Å². The lowest BCUT2D eigenvalue weighted by molar-refractivity contribution is -0.123. The van der Waals surface area contributed by atoms with E-state index in [9.17, 15) is 43.5 Å². The number of aryl methyl sites for hydroxylation is 1. The summed E-state index contributed by atoms with van der Waals surface area (Å²) < 4.78 is 1.51. The molecule has 17 heteroatoms. The third kappa shape index (κ3) is 20.5.